The third-order valence-corrected chi connectivity index (χ3v) is 4.35. The molecule has 1 saturated heterocycles. The summed E-state index contributed by atoms with van der Waals surface area (Å²) in [6, 6.07) is 17.6. The molecule has 0 bridgehead atoms. The van der Waals surface area contributed by atoms with Gasteiger partial charge in [0, 0.05) is 44.0 Å². The molecular formula is C20H23ClN2O2. The topological polar surface area (TPSA) is 58.2 Å². The fourth-order valence-electron chi connectivity index (χ4n) is 2.69. The summed E-state index contributed by atoms with van der Waals surface area (Å²) in [4.78, 5) is 24.0. The minimum atomic E-state index is -0.0452. The number of carbonyl (C=O) groups is 2. The third-order valence-electron chi connectivity index (χ3n) is 4.35. The second-order valence-corrected chi connectivity index (χ2v) is 6.19. The zero-order chi connectivity index (χ0) is 16.8. The lowest BCUT2D eigenvalue weighted by atomic mass is 10.0. The van der Waals surface area contributed by atoms with Gasteiger partial charge in [-0.15, -0.1) is 12.4 Å². The van der Waals surface area contributed by atoms with E-state index in [2.05, 4.69) is 10.6 Å². The van der Waals surface area contributed by atoms with E-state index in [0.717, 1.165) is 24.2 Å². The molecule has 1 aliphatic rings. The van der Waals surface area contributed by atoms with E-state index < -0.39 is 0 Å². The van der Waals surface area contributed by atoms with Crippen LogP contribution < -0.4 is 10.6 Å². The van der Waals surface area contributed by atoms with E-state index in [-0.39, 0.29) is 36.9 Å². The van der Waals surface area contributed by atoms with Gasteiger partial charge in [-0.3, -0.25) is 9.59 Å². The molecule has 2 aromatic carbocycles. The number of benzene rings is 2. The molecule has 5 heteroatoms. The summed E-state index contributed by atoms with van der Waals surface area (Å²) in [5.74, 6) is 0.501. The summed E-state index contributed by atoms with van der Waals surface area (Å²) < 4.78 is 0. The van der Waals surface area contributed by atoms with Crippen LogP contribution in [0.15, 0.2) is 54.6 Å². The molecule has 3 rings (SSSR count). The molecule has 2 N–H and O–H groups in total. The number of ketones is 1. The Morgan fingerprint density at radius 1 is 0.920 bits per heavy atom. The molecule has 1 fully saturated rings. The number of halogens is 1. The van der Waals surface area contributed by atoms with Crippen molar-refractivity contribution in [3.63, 3.8) is 0 Å². The molecule has 1 aliphatic heterocycles. The Morgan fingerprint density at radius 3 is 2.16 bits per heavy atom. The Morgan fingerprint density at radius 2 is 1.56 bits per heavy atom. The molecule has 0 atom stereocenters. The van der Waals surface area contributed by atoms with Crippen molar-refractivity contribution in [1.29, 1.82) is 0 Å². The number of nitrogens with one attached hydrogen (secondary N) is 2. The van der Waals surface area contributed by atoms with Gasteiger partial charge in [0.15, 0.2) is 5.78 Å². The summed E-state index contributed by atoms with van der Waals surface area (Å²) in [7, 11) is 0. The van der Waals surface area contributed by atoms with Crippen LogP contribution in [0, 0.1) is 5.92 Å². The Bertz CT molecular complexity index is 697. The highest BCUT2D eigenvalue weighted by Crippen LogP contribution is 2.19. The average Bonchev–Trinajstić information content (AvgIpc) is 2.59. The van der Waals surface area contributed by atoms with E-state index in [9.17, 15) is 9.59 Å². The lowest BCUT2D eigenvalue weighted by molar-refractivity contribution is -0.121. The SMILES string of the molecule is Cl.O=C(CCC(=O)c1ccc(-c2ccccc2)cc1)NCC1CNC1. The molecule has 0 aromatic heterocycles. The van der Waals surface area contributed by atoms with Gasteiger partial charge in [0.2, 0.25) is 5.91 Å². The van der Waals surface area contributed by atoms with Gasteiger partial charge >= 0.3 is 0 Å². The van der Waals surface area contributed by atoms with E-state index in [1.165, 1.54) is 0 Å². The van der Waals surface area contributed by atoms with Crippen LogP contribution in [0.2, 0.25) is 0 Å². The predicted octanol–water partition coefficient (Wildman–Crippen LogP) is 3.07. The van der Waals surface area contributed by atoms with E-state index in [1.54, 1.807) is 0 Å². The Hall–Kier alpha value is -2.17. The summed E-state index contributed by atoms with van der Waals surface area (Å²) in [6.45, 7) is 2.63. The van der Waals surface area contributed by atoms with Gasteiger partial charge in [-0.1, -0.05) is 54.6 Å². The van der Waals surface area contributed by atoms with E-state index in [1.807, 2.05) is 54.6 Å². The van der Waals surface area contributed by atoms with E-state index in [0.29, 0.717) is 18.0 Å². The monoisotopic (exact) mass is 358 g/mol. The highest BCUT2D eigenvalue weighted by Gasteiger charge is 2.17. The molecule has 0 aliphatic carbocycles. The van der Waals surface area contributed by atoms with Crippen LogP contribution >= 0.6 is 12.4 Å². The first-order valence-corrected chi connectivity index (χ1v) is 8.38. The van der Waals surface area contributed by atoms with Crippen molar-refractivity contribution in [2.45, 2.75) is 12.8 Å². The van der Waals surface area contributed by atoms with E-state index >= 15 is 0 Å². The largest absolute Gasteiger partial charge is 0.356 e. The summed E-state index contributed by atoms with van der Waals surface area (Å²) in [5, 5.41) is 6.06. The third kappa shape index (κ3) is 5.41. The normalized spacial score (nSPS) is 13.4. The lowest BCUT2D eigenvalue weighted by Crippen LogP contribution is -2.48. The van der Waals surface area contributed by atoms with Crippen LogP contribution in [0.5, 0.6) is 0 Å². The molecule has 2 aromatic rings. The maximum Gasteiger partial charge on any atom is 0.220 e. The number of amides is 1. The molecule has 4 nitrogen and oxygen atoms in total. The van der Waals surface area contributed by atoms with Crippen LogP contribution in [-0.4, -0.2) is 31.3 Å². The highest BCUT2D eigenvalue weighted by molar-refractivity contribution is 5.98. The Balaban J connectivity index is 0.00000225. The summed E-state index contributed by atoms with van der Waals surface area (Å²) in [5.41, 5.74) is 2.87. The molecule has 0 unspecified atom stereocenters. The number of carbonyl (C=O) groups excluding carboxylic acids is 2. The van der Waals surface area contributed by atoms with Crippen molar-refractivity contribution in [3.8, 4) is 11.1 Å². The van der Waals surface area contributed by atoms with Crippen LogP contribution in [0.25, 0.3) is 11.1 Å². The van der Waals surface area contributed by atoms with Gasteiger partial charge in [-0.2, -0.15) is 0 Å². The maximum absolute atomic E-state index is 12.2. The fraction of sp³-hybridized carbons (Fsp3) is 0.300. The molecule has 1 heterocycles. The fourth-order valence-corrected chi connectivity index (χ4v) is 2.69. The van der Waals surface area contributed by atoms with E-state index in [4.69, 9.17) is 0 Å². The van der Waals surface area contributed by atoms with Gasteiger partial charge in [0.25, 0.3) is 0 Å². The standard InChI is InChI=1S/C20H22N2O2.ClH/c23-19(10-11-20(24)22-14-15-12-21-13-15)18-8-6-17(7-9-18)16-4-2-1-3-5-16;/h1-9,15,21H,10-14H2,(H,22,24);1H. The van der Waals surface area contributed by atoms with Crippen LogP contribution in [-0.2, 0) is 4.79 Å². The number of rotatable bonds is 7. The minimum Gasteiger partial charge on any atom is -0.356 e. The summed E-state index contributed by atoms with van der Waals surface area (Å²) >= 11 is 0. The van der Waals surface area contributed by atoms with Gasteiger partial charge in [-0.05, 0) is 11.1 Å². The summed E-state index contributed by atoms with van der Waals surface area (Å²) in [6.07, 6.45) is 0.499. The number of hydrogen-bond donors (Lipinski definition) is 2. The van der Waals surface area contributed by atoms with Crippen molar-refractivity contribution < 1.29 is 9.59 Å². The van der Waals surface area contributed by atoms with Crippen LogP contribution in [0.4, 0.5) is 0 Å². The Labute approximate surface area is 154 Å². The zero-order valence-corrected chi connectivity index (χ0v) is 14.9. The molecule has 1 amide bonds. The second-order valence-electron chi connectivity index (χ2n) is 6.19. The van der Waals surface area contributed by atoms with Gasteiger partial charge in [-0.25, -0.2) is 0 Å². The molecule has 25 heavy (non-hydrogen) atoms. The van der Waals surface area contributed by atoms with Gasteiger partial charge in [0.05, 0.1) is 0 Å². The average molecular weight is 359 g/mol. The molecule has 0 radical (unpaired) electrons. The first-order valence-electron chi connectivity index (χ1n) is 8.38. The van der Waals surface area contributed by atoms with Crippen molar-refractivity contribution in [3.05, 3.63) is 60.2 Å². The quantitative estimate of drug-likeness (QED) is 0.748. The van der Waals surface area contributed by atoms with Crippen molar-refractivity contribution in [2.24, 2.45) is 5.92 Å². The van der Waals surface area contributed by atoms with Crippen molar-refractivity contribution >= 4 is 24.1 Å². The van der Waals surface area contributed by atoms with Gasteiger partial charge in [0.1, 0.15) is 0 Å². The number of hydrogen-bond acceptors (Lipinski definition) is 3. The van der Waals surface area contributed by atoms with Crippen molar-refractivity contribution in [2.75, 3.05) is 19.6 Å². The van der Waals surface area contributed by atoms with Crippen LogP contribution in [0.3, 0.4) is 0 Å². The Kier molecular flexibility index (Phi) is 7.16. The van der Waals surface area contributed by atoms with Crippen LogP contribution in [0.1, 0.15) is 23.2 Å². The molecule has 0 saturated carbocycles. The zero-order valence-electron chi connectivity index (χ0n) is 14.0. The highest BCUT2D eigenvalue weighted by atomic mass is 35.5. The smallest absolute Gasteiger partial charge is 0.220 e. The first kappa shape index (κ1) is 19.2. The molecule has 0 spiro atoms. The van der Waals surface area contributed by atoms with Gasteiger partial charge < -0.3 is 10.6 Å². The van der Waals surface area contributed by atoms with Crippen molar-refractivity contribution in [1.82, 2.24) is 10.6 Å². The maximum atomic E-state index is 12.2. The predicted molar refractivity (Wildman–Crippen MR) is 102 cm³/mol. The molecular weight excluding hydrogens is 336 g/mol. The minimum absolute atomic E-state index is 0. The molecule has 132 valence electrons. The first-order chi connectivity index (χ1) is 11.7. The lowest BCUT2D eigenvalue weighted by Gasteiger charge is -2.27. The second kappa shape index (κ2) is 9.35. The number of Topliss-reactive ketones (excluding diaryl/α,β-unsaturated/α-hetero) is 1.